The van der Waals surface area contributed by atoms with Gasteiger partial charge in [0.1, 0.15) is 16.9 Å². The Labute approximate surface area is 248 Å². The fourth-order valence-corrected chi connectivity index (χ4v) is 5.75. The van der Waals surface area contributed by atoms with Gasteiger partial charge in [-0.15, -0.1) is 0 Å². The molecule has 0 unspecified atom stereocenters. The molecule has 10 heteroatoms. The Morgan fingerprint density at radius 3 is 2.05 bits per heavy atom. The molecule has 41 heavy (non-hydrogen) atoms. The van der Waals surface area contributed by atoms with Crippen LogP contribution in [0.3, 0.4) is 0 Å². The third-order valence-corrected chi connectivity index (χ3v) is 7.76. The van der Waals surface area contributed by atoms with Gasteiger partial charge in [-0.25, -0.2) is 9.59 Å². The van der Waals surface area contributed by atoms with E-state index in [4.69, 9.17) is 21.1 Å². The number of halogens is 1. The van der Waals surface area contributed by atoms with Crippen LogP contribution in [0.4, 0.5) is 4.79 Å². The van der Waals surface area contributed by atoms with Crippen molar-refractivity contribution in [3.8, 4) is 11.1 Å². The SMILES string of the molecule is Cc1nn(C)c(C)c1-c1c(Cl)ccc2c(C)c(C(=O)OC(C)(C)C)n(CCN3CCN(C(=O)OC(C)(C)C)CC3)c12. The summed E-state index contributed by atoms with van der Waals surface area (Å²) in [5, 5.41) is 6.22. The summed E-state index contributed by atoms with van der Waals surface area (Å²) in [6.07, 6.45) is -0.280. The van der Waals surface area contributed by atoms with Crippen molar-refractivity contribution in [1.29, 1.82) is 0 Å². The summed E-state index contributed by atoms with van der Waals surface area (Å²) in [6.45, 7) is 21.1. The van der Waals surface area contributed by atoms with E-state index >= 15 is 0 Å². The van der Waals surface area contributed by atoms with Crippen LogP contribution in [0.15, 0.2) is 12.1 Å². The molecule has 0 aliphatic carbocycles. The van der Waals surface area contributed by atoms with Gasteiger partial charge in [-0.3, -0.25) is 9.58 Å². The highest BCUT2D eigenvalue weighted by atomic mass is 35.5. The zero-order valence-electron chi connectivity index (χ0n) is 26.1. The van der Waals surface area contributed by atoms with E-state index in [-0.39, 0.29) is 12.1 Å². The lowest BCUT2D eigenvalue weighted by atomic mass is 10.00. The summed E-state index contributed by atoms with van der Waals surface area (Å²) < 4.78 is 15.4. The number of benzene rings is 1. The van der Waals surface area contributed by atoms with Crippen LogP contribution in [0.1, 0.15) is 69.0 Å². The van der Waals surface area contributed by atoms with E-state index in [1.165, 1.54) is 0 Å². The first-order valence-corrected chi connectivity index (χ1v) is 14.6. The lowest BCUT2D eigenvalue weighted by Gasteiger charge is -2.35. The van der Waals surface area contributed by atoms with E-state index in [1.807, 2.05) is 86.2 Å². The molecule has 9 nitrogen and oxygen atoms in total. The van der Waals surface area contributed by atoms with E-state index in [0.717, 1.165) is 39.0 Å². The molecule has 1 saturated heterocycles. The Bertz CT molecular complexity index is 1470. The number of carbonyl (C=O) groups excluding carboxylic acids is 2. The van der Waals surface area contributed by atoms with Crippen LogP contribution in [0.25, 0.3) is 22.0 Å². The number of ether oxygens (including phenoxy) is 2. The predicted molar refractivity (Wildman–Crippen MR) is 163 cm³/mol. The van der Waals surface area contributed by atoms with Gasteiger partial charge in [-0.2, -0.15) is 5.10 Å². The molecule has 1 aliphatic rings. The Kier molecular flexibility index (Phi) is 8.54. The molecule has 3 heterocycles. The molecule has 0 N–H and O–H groups in total. The van der Waals surface area contributed by atoms with Gasteiger partial charge in [0.05, 0.1) is 16.2 Å². The number of piperazine rings is 1. The average molecular weight is 586 g/mol. The first-order chi connectivity index (χ1) is 19.0. The van der Waals surface area contributed by atoms with Crippen LogP contribution in [0.2, 0.25) is 5.02 Å². The number of nitrogens with zero attached hydrogens (tertiary/aromatic N) is 5. The van der Waals surface area contributed by atoms with Crippen molar-refractivity contribution in [2.45, 2.75) is 80.1 Å². The Morgan fingerprint density at radius 1 is 0.902 bits per heavy atom. The van der Waals surface area contributed by atoms with E-state index in [0.29, 0.717) is 50.0 Å². The number of hydrogen-bond acceptors (Lipinski definition) is 6. The Morgan fingerprint density at radius 2 is 1.51 bits per heavy atom. The maximum atomic E-state index is 13.7. The molecule has 4 rings (SSSR count). The molecule has 1 aliphatic heterocycles. The summed E-state index contributed by atoms with van der Waals surface area (Å²) in [6, 6.07) is 3.89. The molecule has 1 fully saturated rings. The fraction of sp³-hybridized carbons (Fsp3) is 0.581. The monoisotopic (exact) mass is 585 g/mol. The van der Waals surface area contributed by atoms with Gasteiger partial charge in [0.25, 0.3) is 0 Å². The van der Waals surface area contributed by atoms with Crippen molar-refractivity contribution in [3.05, 3.63) is 39.8 Å². The van der Waals surface area contributed by atoms with Crippen molar-refractivity contribution in [1.82, 2.24) is 24.1 Å². The third kappa shape index (κ3) is 6.56. The first-order valence-electron chi connectivity index (χ1n) is 14.2. The van der Waals surface area contributed by atoms with Crippen LogP contribution in [0, 0.1) is 20.8 Å². The molecule has 0 atom stereocenters. The second kappa shape index (κ2) is 11.3. The minimum Gasteiger partial charge on any atom is -0.455 e. The van der Waals surface area contributed by atoms with Gasteiger partial charge >= 0.3 is 12.1 Å². The lowest BCUT2D eigenvalue weighted by molar-refractivity contribution is 0.00515. The Hall–Kier alpha value is -3.04. The number of esters is 1. The molecule has 1 aromatic carbocycles. The van der Waals surface area contributed by atoms with Crippen LogP contribution in [0.5, 0.6) is 0 Å². The number of aromatic nitrogens is 3. The maximum absolute atomic E-state index is 13.7. The van der Waals surface area contributed by atoms with E-state index in [9.17, 15) is 9.59 Å². The number of rotatable bonds is 5. The van der Waals surface area contributed by atoms with E-state index in [2.05, 4.69) is 14.6 Å². The van der Waals surface area contributed by atoms with E-state index < -0.39 is 11.2 Å². The minimum absolute atomic E-state index is 0.280. The normalized spacial score (nSPS) is 15.0. The van der Waals surface area contributed by atoms with Crippen LogP contribution >= 0.6 is 11.6 Å². The first kappa shape index (κ1) is 30.9. The molecule has 0 bridgehead atoms. The van der Waals surface area contributed by atoms with Crippen molar-refractivity contribution in [2.75, 3.05) is 32.7 Å². The standard InChI is InChI=1S/C31H44ClN5O4/c1-19-22-11-12-23(32)25(24-20(2)33-34(10)21(24)3)27(22)37(26(19)28(38)40-30(4,5)6)18-15-35-13-16-36(17-14-35)29(39)41-31(7,8)9/h11-12H,13-18H2,1-10H3. The van der Waals surface area contributed by atoms with Gasteiger partial charge in [0.15, 0.2) is 0 Å². The molecule has 0 saturated carbocycles. The predicted octanol–water partition coefficient (Wildman–Crippen LogP) is 6.13. The topological polar surface area (TPSA) is 81.8 Å². The molecule has 3 aromatic rings. The molecule has 0 radical (unpaired) electrons. The highest BCUT2D eigenvalue weighted by Gasteiger charge is 2.30. The van der Waals surface area contributed by atoms with Gasteiger partial charge in [0, 0.05) is 68.5 Å². The van der Waals surface area contributed by atoms with Gasteiger partial charge in [-0.1, -0.05) is 17.7 Å². The molecular weight excluding hydrogens is 542 g/mol. The summed E-state index contributed by atoms with van der Waals surface area (Å²) >= 11 is 6.92. The highest BCUT2D eigenvalue weighted by molar-refractivity contribution is 6.35. The van der Waals surface area contributed by atoms with Gasteiger partial charge < -0.3 is 18.9 Å². The van der Waals surface area contributed by atoms with Crippen LogP contribution in [-0.2, 0) is 23.1 Å². The van der Waals surface area contributed by atoms with Crippen molar-refractivity contribution in [2.24, 2.45) is 7.05 Å². The largest absolute Gasteiger partial charge is 0.455 e. The molecule has 224 valence electrons. The number of amides is 1. The van der Waals surface area contributed by atoms with Crippen molar-refractivity contribution >= 4 is 34.6 Å². The fourth-order valence-electron chi connectivity index (χ4n) is 5.50. The molecular formula is C31H44ClN5O4. The minimum atomic E-state index is -0.639. The number of aryl methyl sites for hydroxylation is 3. The van der Waals surface area contributed by atoms with Gasteiger partial charge in [0.2, 0.25) is 0 Å². The third-order valence-electron chi connectivity index (χ3n) is 7.44. The summed E-state index contributed by atoms with van der Waals surface area (Å²) in [5.41, 5.74) is 4.86. The number of carbonyl (C=O) groups is 2. The maximum Gasteiger partial charge on any atom is 0.410 e. The summed E-state index contributed by atoms with van der Waals surface area (Å²) in [5.74, 6) is -0.359. The van der Waals surface area contributed by atoms with Crippen LogP contribution < -0.4 is 0 Å². The summed E-state index contributed by atoms with van der Waals surface area (Å²) in [7, 11) is 1.92. The quantitative estimate of drug-likeness (QED) is 0.335. The molecule has 0 spiro atoms. The zero-order valence-corrected chi connectivity index (χ0v) is 26.9. The van der Waals surface area contributed by atoms with Crippen molar-refractivity contribution in [3.63, 3.8) is 0 Å². The molecule has 2 aromatic heterocycles. The van der Waals surface area contributed by atoms with Crippen molar-refractivity contribution < 1.29 is 19.1 Å². The Balaban J connectivity index is 1.73. The van der Waals surface area contributed by atoms with E-state index in [1.54, 1.807) is 4.90 Å². The number of hydrogen-bond donors (Lipinski definition) is 0. The number of fused-ring (bicyclic) bond motifs is 1. The molecule has 1 amide bonds. The van der Waals surface area contributed by atoms with Crippen LogP contribution in [-0.4, -0.2) is 80.1 Å². The summed E-state index contributed by atoms with van der Waals surface area (Å²) in [4.78, 5) is 30.3. The second-order valence-electron chi connectivity index (χ2n) is 12.9. The average Bonchev–Trinajstić information content (AvgIpc) is 3.27. The zero-order chi connectivity index (χ0) is 30.4. The lowest BCUT2D eigenvalue weighted by Crippen LogP contribution is -2.50. The smallest absolute Gasteiger partial charge is 0.410 e. The van der Waals surface area contributed by atoms with Gasteiger partial charge in [-0.05, 0) is 73.9 Å². The second-order valence-corrected chi connectivity index (χ2v) is 13.3. The highest BCUT2D eigenvalue weighted by Crippen LogP contribution is 2.41.